The molecule has 1 aromatic carbocycles. The van der Waals surface area contributed by atoms with Gasteiger partial charge in [-0.2, -0.15) is 0 Å². The van der Waals surface area contributed by atoms with E-state index in [2.05, 4.69) is 5.32 Å². The number of ether oxygens (including phenoxy) is 2. The van der Waals surface area contributed by atoms with Crippen LogP contribution in [-0.2, 0) is 16.0 Å². The number of carbonyl (C=O) groups excluding carboxylic acids is 1. The summed E-state index contributed by atoms with van der Waals surface area (Å²) in [4.78, 5) is 11.6. The molecule has 1 amide bonds. The molecule has 21 heavy (non-hydrogen) atoms. The number of benzene rings is 1. The molecule has 2 unspecified atom stereocenters. The SMILES string of the molecule is COCC(C)NC(=O)COc1ccc(CCC(C)N)cc1. The van der Waals surface area contributed by atoms with Gasteiger partial charge in [0.15, 0.2) is 6.61 Å². The van der Waals surface area contributed by atoms with Crippen molar-refractivity contribution in [1.82, 2.24) is 5.32 Å². The Labute approximate surface area is 126 Å². The zero-order valence-corrected chi connectivity index (χ0v) is 13.1. The summed E-state index contributed by atoms with van der Waals surface area (Å²) in [6.07, 6.45) is 1.91. The van der Waals surface area contributed by atoms with Gasteiger partial charge in [-0.05, 0) is 44.4 Å². The van der Waals surface area contributed by atoms with Crippen molar-refractivity contribution in [3.05, 3.63) is 29.8 Å². The van der Waals surface area contributed by atoms with Gasteiger partial charge in [-0.15, -0.1) is 0 Å². The first-order valence-corrected chi connectivity index (χ1v) is 7.27. The first-order chi connectivity index (χ1) is 10.0. The lowest BCUT2D eigenvalue weighted by atomic mass is 10.1. The molecule has 0 aliphatic heterocycles. The Bertz CT molecular complexity index is 418. The average Bonchev–Trinajstić information content (AvgIpc) is 2.44. The molecular formula is C16H26N2O3. The van der Waals surface area contributed by atoms with Gasteiger partial charge in [0.25, 0.3) is 5.91 Å². The van der Waals surface area contributed by atoms with Gasteiger partial charge >= 0.3 is 0 Å². The summed E-state index contributed by atoms with van der Waals surface area (Å²) in [6, 6.07) is 7.95. The summed E-state index contributed by atoms with van der Waals surface area (Å²) < 4.78 is 10.4. The molecule has 0 fully saturated rings. The average molecular weight is 294 g/mol. The number of hydrogen-bond acceptors (Lipinski definition) is 4. The maximum Gasteiger partial charge on any atom is 0.258 e. The van der Waals surface area contributed by atoms with Crippen LogP contribution in [-0.4, -0.2) is 38.3 Å². The van der Waals surface area contributed by atoms with Crippen LogP contribution >= 0.6 is 0 Å². The van der Waals surface area contributed by atoms with Crippen LogP contribution in [0.1, 0.15) is 25.8 Å². The normalized spacial score (nSPS) is 13.5. The molecule has 0 saturated heterocycles. The van der Waals surface area contributed by atoms with E-state index in [1.807, 2.05) is 38.1 Å². The Morgan fingerprint density at radius 1 is 1.29 bits per heavy atom. The number of aryl methyl sites for hydroxylation is 1. The van der Waals surface area contributed by atoms with Crippen molar-refractivity contribution in [2.45, 2.75) is 38.8 Å². The minimum Gasteiger partial charge on any atom is -0.484 e. The molecule has 3 N–H and O–H groups in total. The second-order valence-corrected chi connectivity index (χ2v) is 5.37. The Balaban J connectivity index is 2.33. The molecule has 118 valence electrons. The van der Waals surface area contributed by atoms with Crippen LogP contribution in [0.25, 0.3) is 0 Å². The molecule has 0 aromatic heterocycles. The molecule has 0 saturated carbocycles. The molecular weight excluding hydrogens is 268 g/mol. The Kier molecular flexibility index (Phi) is 7.79. The molecule has 0 aliphatic carbocycles. The van der Waals surface area contributed by atoms with Gasteiger partial charge < -0.3 is 20.5 Å². The number of carbonyl (C=O) groups is 1. The van der Waals surface area contributed by atoms with E-state index in [0.29, 0.717) is 12.4 Å². The topological polar surface area (TPSA) is 73.6 Å². The van der Waals surface area contributed by atoms with E-state index in [9.17, 15) is 4.79 Å². The van der Waals surface area contributed by atoms with E-state index in [0.717, 1.165) is 12.8 Å². The van der Waals surface area contributed by atoms with E-state index >= 15 is 0 Å². The third-order valence-corrected chi connectivity index (χ3v) is 3.01. The van der Waals surface area contributed by atoms with Gasteiger partial charge in [-0.1, -0.05) is 12.1 Å². The summed E-state index contributed by atoms with van der Waals surface area (Å²) in [5.74, 6) is 0.537. The molecule has 0 aliphatic rings. The Hall–Kier alpha value is -1.59. The van der Waals surface area contributed by atoms with E-state index in [1.54, 1.807) is 7.11 Å². The molecule has 1 aromatic rings. The number of nitrogens with one attached hydrogen (secondary N) is 1. The van der Waals surface area contributed by atoms with Gasteiger partial charge in [0.2, 0.25) is 0 Å². The lowest BCUT2D eigenvalue weighted by Crippen LogP contribution is -2.38. The fourth-order valence-corrected chi connectivity index (χ4v) is 1.90. The van der Waals surface area contributed by atoms with Crippen molar-refractivity contribution in [2.75, 3.05) is 20.3 Å². The quantitative estimate of drug-likeness (QED) is 0.724. The predicted molar refractivity (Wildman–Crippen MR) is 83.4 cm³/mol. The van der Waals surface area contributed by atoms with Crippen molar-refractivity contribution < 1.29 is 14.3 Å². The third-order valence-electron chi connectivity index (χ3n) is 3.01. The standard InChI is InChI=1S/C16H26N2O3/c1-12(17)4-5-14-6-8-15(9-7-14)21-11-16(19)18-13(2)10-20-3/h6-9,12-13H,4-5,10-11,17H2,1-3H3,(H,18,19). The molecule has 1 rings (SSSR count). The fourth-order valence-electron chi connectivity index (χ4n) is 1.90. The number of methoxy groups -OCH3 is 1. The van der Waals surface area contributed by atoms with Gasteiger partial charge in [0, 0.05) is 19.2 Å². The number of nitrogens with two attached hydrogens (primary N) is 1. The molecule has 0 heterocycles. The van der Waals surface area contributed by atoms with Crippen molar-refractivity contribution in [3.63, 3.8) is 0 Å². The molecule has 0 spiro atoms. The fraction of sp³-hybridized carbons (Fsp3) is 0.562. The second kappa shape index (κ2) is 9.37. The van der Waals surface area contributed by atoms with E-state index in [-0.39, 0.29) is 24.6 Å². The lowest BCUT2D eigenvalue weighted by molar-refractivity contribution is -0.124. The smallest absolute Gasteiger partial charge is 0.258 e. The third kappa shape index (κ3) is 7.68. The van der Waals surface area contributed by atoms with Crippen molar-refractivity contribution >= 4 is 5.91 Å². The monoisotopic (exact) mass is 294 g/mol. The van der Waals surface area contributed by atoms with Crippen LogP contribution in [0.3, 0.4) is 0 Å². The second-order valence-electron chi connectivity index (χ2n) is 5.37. The minimum absolute atomic E-state index is 0.00718. The molecule has 2 atom stereocenters. The first kappa shape index (κ1) is 17.5. The van der Waals surface area contributed by atoms with Crippen LogP contribution in [0, 0.1) is 0 Å². The maximum absolute atomic E-state index is 11.6. The number of amides is 1. The van der Waals surface area contributed by atoms with Crippen LogP contribution < -0.4 is 15.8 Å². The molecule has 5 nitrogen and oxygen atoms in total. The summed E-state index contributed by atoms with van der Waals surface area (Å²) in [6.45, 7) is 4.38. The molecule has 5 heteroatoms. The Morgan fingerprint density at radius 2 is 1.95 bits per heavy atom. The van der Waals surface area contributed by atoms with Crippen molar-refractivity contribution in [2.24, 2.45) is 5.73 Å². The number of rotatable bonds is 9. The van der Waals surface area contributed by atoms with Gasteiger partial charge in [0.05, 0.1) is 6.61 Å². The molecule has 0 radical (unpaired) electrons. The van der Waals surface area contributed by atoms with E-state index in [4.69, 9.17) is 15.2 Å². The van der Waals surface area contributed by atoms with Gasteiger partial charge in [-0.3, -0.25) is 4.79 Å². The Morgan fingerprint density at radius 3 is 2.52 bits per heavy atom. The summed E-state index contributed by atoms with van der Waals surface area (Å²) in [5, 5.41) is 2.79. The predicted octanol–water partition coefficient (Wildman–Crippen LogP) is 1.50. The van der Waals surface area contributed by atoms with Crippen molar-refractivity contribution in [3.8, 4) is 5.75 Å². The summed E-state index contributed by atoms with van der Waals surface area (Å²) in [5.41, 5.74) is 6.95. The highest BCUT2D eigenvalue weighted by Crippen LogP contribution is 2.13. The lowest BCUT2D eigenvalue weighted by Gasteiger charge is -2.13. The maximum atomic E-state index is 11.6. The summed E-state index contributed by atoms with van der Waals surface area (Å²) >= 11 is 0. The van der Waals surface area contributed by atoms with Crippen LogP contribution in [0.5, 0.6) is 5.75 Å². The minimum atomic E-state index is -0.152. The van der Waals surface area contributed by atoms with Crippen LogP contribution in [0.4, 0.5) is 0 Å². The highest BCUT2D eigenvalue weighted by Gasteiger charge is 2.07. The van der Waals surface area contributed by atoms with Crippen LogP contribution in [0.2, 0.25) is 0 Å². The van der Waals surface area contributed by atoms with Crippen molar-refractivity contribution in [1.29, 1.82) is 0 Å². The largest absolute Gasteiger partial charge is 0.484 e. The zero-order chi connectivity index (χ0) is 15.7. The molecule has 0 bridgehead atoms. The van der Waals surface area contributed by atoms with Gasteiger partial charge in [-0.25, -0.2) is 0 Å². The highest BCUT2D eigenvalue weighted by atomic mass is 16.5. The highest BCUT2D eigenvalue weighted by molar-refractivity contribution is 5.77. The van der Waals surface area contributed by atoms with Gasteiger partial charge in [0.1, 0.15) is 5.75 Å². The van der Waals surface area contributed by atoms with E-state index in [1.165, 1.54) is 5.56 Å². The van der Waals surface area contributed by atoms with E-state index < -0.39 is 0 Å². The summed E-state index contributed by atoms with van der Waals surface area (Å²) in [7, 11) is 1.60. The zero-order valence-electron chi connectivity index (χ0n) is 13.1. The first-order valence-electron chi connectivity index (χ1n) is 7.27. The van der Waals surface area contributed by atoms with Crippen LogP contribution in [0.15, 0.2) is 24.3 Å². The number of hydrogen-bond donors (Lipinski definition) is 2.